The maximum Gasteiger partial charge on any atom is 0.352 e. The number of amides is 1. The smallest absolute Gasteiger partial charge is 0.352 e. The summed E-state index contributed by atoms with van der Waals surface area (Å²) in [5.41, 5.74) is -0.283. The summed E-state index contributed by atoms with van der Waals surface area (Å²) in [5, 5.41) is 9.92. The molecular weight excluding hydrogens is 394 g/mol. The van der Waals surface area contributed by atoms with Crippen molar-refractivity contribution < 1.29 is 23.1 Å². The van der Waals surface area contributed by atoms with Gasteiger partial charge in [0.25, 0.3) is 12.4 Å². The van der Waals surface area contributed by atoms with Crippen LogP contribution in [0.4, 0.5) is 11.4 Å². The molecule has 0 aliphatic carbocycles. The number of anilines is 2. The number of fused-ring (bicyclic) bond motifs is 1. The van der Waals surface area contributed by atoms with Crippen LogP contribution in [-0.4, -0.2) is 45.5 Å². The van der Waals surface area contributed by atoms with E-state index >= 15 is 0 Å². The number of nitrogens with zero attached hydrogens (tertiary/aromatic N) is 5. The fourth-order valence-electron chi connectivity index (χ4n) is 2.39. The molecule has 1 aromatic carbocycles. The Morgan fingerprint density at radius 2 is 2.14 bits per heavy atom. The zero-order chi connectivity index (χ0) is 20.3. The molecule has 0 fully saturated rings. The number of carbonyl (C=O) groups excluding carboxylic acids is 2. The average Bonchev–Trinajstić information content (AvgIpc) is 3.08. The molecule has 0 aliphatic heterocycles. The number of hydrogen-bond donors (Lipinski definition) is 2. The molecule has 0 aliphatic rings. The van der Waals surface area contributed by atoms with E-state index in [1.54, 1.807) is 0 Å². The summed E-state index contributed by atoms with van der Waals surface area (Å²) in [6.07, 6.45) is 1.14. The lowest BCUT2D eigenvalue weighted by molar-refractivity contribution is -0.129. The Bertz CT molecular complexity index is 1140. The second-order valence-electron chi connectivity index (χ2n) is 5.31. The first-order valence-electron chi connectivity index (χ1n) is 7.54. The molecule has 3 rings (SSSR count). The van der Waals surface area contributed by atoms with Gasteiger partial charge >= 0.3 is 5.69 Å². The monoisotopic (exact) mass is 406 g/mol. The molecule has 2 heterocycles. The standard InChI is InChI=1S/C14H13N7O6S/c1-20-14(24)21-6-15-11(12(21)17-19-20)13(23)16-9-3-2-4-10(18-28(25)26)8(9)5-27-7-22/h2-4,6-7,18H,5H2,1H3,(H,16,23)(H,25,26)/p-1. The topological polar surface area (TPSA) is 173 Å². The lowest BCUT2D eigenvalue weighted by Crippen LogP contribution is -2.27. The third-order valence-electron chi connectivity index (χ3n) is 3.63. The third-order valence-corrected chi connectivity index (χ3v) is 4.01. The molecule has 2 aromatic heterocycles. The molecule has 3 aromatic rings. The second-order valence-corrected chi connectivity index (χ2v) is 5.99. The third kappa shape index (κ3) is 3.72. The van der Waals surface area contributed by atoms with Crippen LogP contribution in [0.15, 0.2) is 29.3 Å². The van der Waals surface area contributed by atoms with E-state index < -0.39 is 22.9 Å². The molecule has 14 heteroatoms. The van der Waals surface area contributed by atoms with Crippen LogP contribution >= 0.6 is 0 Å². The molecule has 0 radical (unpaired) electrons. The highest BCUT2D eigenvalue weighted by Gasteiger charge is 2.19. The van der Waals surface area contributed by atoms with E-state index in [1.807, 2.05) is 0 Å². The Balaban J connectivity index is 1.98. The molecule has 0 saturated carbocycles. The van der Waals surface area contributed by atoms with Gasteiger partial charge in [0.1, 0.15) is 12.9 Å². The van der Waals surface area contributed by atoms with Crippen molar-refractivity contribution in [3.63, 3.8) is 0 Å². The SMILES string of the molecule is Cn1nnc2c(C(=O)Nc3cccc(NS(=O)[O-])c3COC=O)ncn2c1=O. The van der Waals surface area contributed by atoms with Crippen molar-refractivity contribution in [2.75, 3.05) is 10.0 Å². The molecule has 13 nitrogen and oxygen atoms in total. The number of aryl methyl sites for hydroxylation is 1. The van der Waals surface area contributed by atoms with E-state index in [0.29, 0.717) is 0 Å². The highest BCUT2D eigenvalue weighted by Crippen LogP contribution is 2.26. The number of aromatic nitrogens is 5. The van der Waals surface area contributed by atoms with Gasteiger partial charge in [-0.1, -0.05) is 11.3 Å². The van der Waals surface area contributed by atoms with Gasteiger partial charge < -0.3 is 19.3 Å². The quantitative estimate of drug-likeness (QED) is 0.367. The van der Waals surface area contributed by atoms with E-state index in [2.05, 4.69) is 25.3 Å². The van der Waals surface area contributed by atoms with Gasteiger partial charge in [-0.2, -0.15) is 4.68 Å². The van der Waals surface area contributed by atoms with E-state index in [9.17, 15) is 23.1 Å². The summed E-state index contributed by atoms with van der Waals surface area (Å²) in [7, 11) is 1.40. The minimum atomic E-state index is -2.63. The second kappa shape index (κ2) is 7.93. The highest BCUT2D eigenvalue weighted by molar-refractivity contribution is 7.80. The Morgan fingerprint density at radius 3 is 2.86 bits per heavy atom. The fourth-order valence-corrected chi connectivity index (χ4v) is 2.76. The first kappa shape index (κ1) is 19.1. The predicted octanol–water partition coefficient (Wildman–Crippen LogP) is -1.05. The minimum absolute atomic E-state index is 0.0544. The highest BCUT2D eigenvalue weighted by atomic mass is 32.2. The lowest BCUT2D eigenvalue weighted by Gasteiger charge is -2.16. The van der Waals surface area contributed by atoms with E-state index in [0.717, 1.165) is 15.4 Å². The number of rotatable bonds is 7. The Morgan fingerprint density at radius 1 is 1.39 bits per heavy atom. The summed E-state index contributed by atoms with van der Waals surface area (Å²) in [6, 6.07) is 4.38. The predicted molar refractivity (Wildman–Crippen MR) is 93.8 cm³/mol. The molecule has 146 valence electrons. The van der Waals surface area contributed by atoms with Crippen molar-refractivity contribution in [2.24, 2.45) is 7.05 Å². The van der Waals surface area contributed by atoms with Gasteiger partial charge in [-0.15, -0.1) is 5.10 Å². The van der Waals surface area contributed by atoms with Crippen LogP contribution < -0.4 is 15.7 Å². The molecule has 0 saturated heterocycles. The number of imidazole rings is 1. The normalized spacial score (nSPS) is 11.8. The summed E-state index contributed by atoms with van der Waals surface area (Å²) in [5.74, 6) is -0.724. The fraction of sp³-hybridized carbons (Fsp3) is 0.143. The zero-order valence-electron chi connectivity index (χ0n) is 14.2. The van der Waals surface area contributed by atoms with Crippen LogP contribution in [0.5, 0.6) is 0 Å². The first-order valence-corrected chi connectivity index (χ1v) is 8.61. The number of hydrogen-bond acceptors (Lipinski definition) is 9. The summed E-state index contributed by atoms with van der Waals surface area (Å²) in [6.45, 7) is -0.116. The van der Waals surface area contributed by atoms with E-state index in [4.69, 9.17) is 4.74 Å². The number of benzene rings is 1. The molecule has 1 atom stereocenters. The molecular formula is C14H12N7O6S-. The lowest BCUT2D eigenvalue weighted by atomic mass is 10.1. The molecule has 0 bridgehead atoms. The van der Waals surface area contributed by atoms with Gasteiger partial charge in [-0.05, 0) is 12.1 Å². The molecule has 1 unspecified atom stereocenters. The Labute approximate surface area is 158 Å². The van der Waals surface area contributed by atoms with Crippen molar-refractivity contribution in [3.05, 3.63) is 46.3 Å². The number of ether oxygens (including phenoxy) is 1. The van der Waals surface area contributed by atoms with Crippen molar-refractivity contribution in [3.8, 4) is 0 Å². The van der Waals surface area contributed by atoms with Crippen LogP contribution in [0.25, 0.3) is 5.65 Å². The van der Waals surface area contributed by atoms with Crippen molar-refractivity contribution in [1.82, 2.24) is 24.4 Å². The van der Waals surface area contributed by atoms with Crippen molar-refractivity contribution in [2.45, 2.75) is 6.61 Å². The van der Waals surface area contributed by atoms with Gasteiger partial charge in [-0.25, -0.2) is 14.2 Å². The van der Waals surface area contributed by atoms with Crippen molar-refractivity contribution in [1.29, 1.82) is 0 Å². The number of nitrogens with one attached hydrogen (secondary N) is 2. The van der Waals surface area contributed by atoms with Gasteiger partial charge in [0.2, 0.25) is 0 Å². The maximum atomic E-state index is 12.6. The largest absolute Gasteiger partial charge is 0.755 e. The first-order chi connectivity index (χ1) is 13.4. The van der Waals surface area contributed by atoms with Crippen LogP contribution in [0.1, 0.15) is 16.1 Å². The zero-order valence-corrected chi connectivity index (χ0v) is 15.0. The summed E-state index contributed by atoms with van der Waals surface area (Å²) in [4.78, 5) is 39.0. The van der Waals surface area contributed by atoms with Crippen LogP contribution in [-0.2, 0) is 34.5 Å². The Kier molecular flexibility index (Phi) is 5.42. The van der Waals surface area contributed by atoms with E-state index in [1.165, 1.54) is 25.2 Å². The summed E-state index contributed by atoms with van der Waals surface area (Å²) >= 11 is -2.63. The summed E-state index contributed by atoms with van der Waals surface area (Å²) < 4.78 is 30.8. The van der Waals surface area contributed by atoms with Crippen LogP contribution in [0.3, 0.4) is 0 Å². The van der Waals surface area contributed by atoms with Crippen LogP contribution in [0, 0.1) is 0 Å². The molecule has 28 heavy (non-hydrogen) atoms. The average molecular weight is 406 g/mol. The Hall–Kier alpha value is -3.65. The number of carbonyl (C=O) groups is 2. The van der Waals surface area contributed by atoms with Crippen LogP contribution in [0.2, 0.25) is 0 Å². The van der Waals surface area contributed by atoms with Gasteiger partial charge in [0, 0.05) is 29.6 Å². The minimum Gasteiger partial charge on any atom is -0.755 e. The molecule has 1 amide bonds. The molecule has 0 spiro atoms. The van der Waals surface area contributed by atoms with Crippen molar-refractivity contribution >= 4 is 40.7 Å². The van der Waals surface area contributed by atoms with Gasteiger partial charge in [0.15, 0.2) is 11.3 Å². The maximum absolute atomic E-state index is 12.6. The van der Waals surface area contributed by atoms with E-state index in [-0.39, 0.29) is 41.4 Å². The van der Waals surface area contributed by atoms with Gasteiger partial charge in [0.05, 0.1) is 5.69 Å². The van der Waals surface area contributed by atoms with Gasteiger partial charge in [-0.3, -0.25) is 13.8 Å². The molecule has 2 N–H and O–H groups in total.